The Labute approximate surface area is 182 Å². The molecular weight excluding hydrogens is 384 g/mol. The molecule has 0 spiro atoms. The minimum atomic E-state index is 0.112. The van der Waals surface area contributed by atoms with Gasteiger partial charge < -0.3 is 15.0 Å². The van der Waals surface area contributed by atoms with Crippen LogP contribution in [0.2, 0.25) is 0 Å². The zero-order valence-corrected chi connectivity index (χ0v) is 17.5. The molecule has 2 aliphatic heterocycles. The van der Waals surface area contributed by atoms with Gasteiger partial charge in [0.05, 0.1) is 19.3 Å². The van der Waals surface area contributed by atoms with Gasteiger partial charge >= 0.3 is 0 Å². The minimum absolute atomic E-state index is 0.112. The molecule has 0 bridgehead atoms. The van der Waals surface area contributed by atoms with Gasteiger partial charge in [-0.25, -0.2) is 0 Å². The quantitative estimate of drug-likeness (QED) is 0.595. The summed E-state index contributed by atoms with van der Waals surface area (Å²) in [5.41, 5.74) is 4.50. The molecule has 1 fully saturated rings. The molecule has 1 saturated heterocycles. The summed E-state index contributed by atoms with van der Waals surface area (Å²) in [6, 6.07) is 21.8. The number of nitrogens with one attached hydrogen (secondary N) is 1. The van der Waals surface area contributed by atoms with Crippen LogP contribution in [-0.4, -0.2) is 37.1 Å². The highest BCUT2D eigenvalue weighted by atomic mass is 16.5. The Kier molecular flexibility index (Phi) is 4.53. The van der Waals surface area contributed by atoms with Crippen molar-refractivity contribution in [2.24, 2.45) is 5.92 Å². The molecule has 1 N–H and O–H groups in total. The molecule has 3 aliphatic rings. The van der Waals surface area contributed by atoms with Gasteiger partial charge in [-0.2, -0.15) is 0 Å². The first-order valence-electron chi connectivity index (χ1n) is 11.2. The summed E-state index contributed by atoms with van der Waals surface area (Å²) < 4.78 is 5.40. The summed E-state index contributed by atoms with van der Waals surface area (Å²) in [5, 5.41) is 6.36. The lowest BCUT2D eigenvalue weighted by atomic mass is 9.76. The molecule has 31 heavy (non-hydrogen) atoms. The number of benzene rings is 3. The van der Waals surface area contributed by atoms with E-state index < -0.39 is 0 Å². The molecule has 6 rings (SSSR count). The molecule has 4 nitrogen and oxygen atoms in total. The van der Waals surface area contributed by atoms with Crippen molar-refractivity contribution in [1.29, 1.82) is 0 Å². The smallest absolute Gasteiger partial charge is 0.254 e. The lowest BCUT2D eigenvalue weighted by Crippen LogP contribution is -2.40. The Morgan fingerprint density at radius 1 is 0.968 bits per heavy atom. The van der Waals surface area contributed by atoms with Gasteiger partial charge in [0, 0.05) is 30.3 Å². The number of fused-ring (bicyclic) bond motifs is 4. The summed E-state index contributed by atoms with van der Waals surface area (Å²) in [6.45, 7) is 2.59. The zero-order chi connectivity index (χ0) is 20.8. The average molecular weight is 411 g/mol. The van der Waals surface area contributed by atoms with E-state index in [0.717, 1.165) is 17.7 Å². The number of carbonyl (C=O) groups excluding carboxylic acids is 1. The first-order valence-corrected chi connectivity index (χ1v) is 11.2. The van der Waals surface area contributed by atoms with Gasteiger partial charge in [0.25, 0.3) is 5.91 Å². The van der Waals surface area contributed by atoms with Gasteiger partial charge in [-0.15, -0.1) is 0 Å². The Balaban J connectivity index is 1.34. The first kappa shape index (κ1) is 18.6. The van der Waals surface area contributed by atoms with Crippen LogP contribution >= 0.6 is 0 Å². The fourth-order valence-corrected chi connectivity index (χ4v) is 5.41. The maximum absolute atomic E-state index is 13.0. The van der Waals surface area contributed by atoms with Crippen LogP contribution in [0.15, 0.2) is 72.8 Å². The van der Waals surface area contributed by atoms with Crippen molar-refractivity contribution in [3.8, 4) is 0 Å². The van der Waals surface area contributed by atoms with Crippen molar-refractivity contribution in [2.45, 2.75) is 18.4 Å². The number of amides is 1. The largest absolute Gasteiger partial charge is 0.378 e. The van der Waals surface area contributed by atoms with Crippen LogP contribution in [0.1, 0.15) is 39.9 Å². The van der Waals surface area contributed by atoms with Crippen molar-refractivity contribution in [2.75, 3.05) is 31.6 Å². The van der Waals surface area contributed by atoms with Crippen molar-refractivity contribution >= 4 is 22.4 Å². The number of anilines is 1. The second-order valence-electron chi connectivity index (χ2n) is 8.79. The molecular formula is C27H26N2O2. The number of hydrogen-bond acceptors (Lipinski definition) is 3. The second kappa shape index (κ2) is 7.54. The van der Waals surface area contributed by atoms with E-state index in [1.54, 1.807) is 0 Å². The number of ether oxygens (including phenoxy) is 1. The lowest BCUT2D eigenvalue weighted by Gasteiger charge is -2.38. The van der Waals surface area contributed by atoms with Gasteiger partial charge in [-0.1, -0.05) is 48.6 Å². The van der Waals surface area contributed by atoms with Crippen LogP contribution in [-0.2, 0) is 4.74 Å². The summed E-state index contributed by atoms with van der Waals surface area (Å²) in [7, 11) is 0. The fraction of sp³-hybridized carbons (Fsp3) is 0.296. The summed E-state index contributed by atoms with van der Waals surface area (Å²) in [6.07, 6.45) is 5.69. The Bertz CT molecular complexity index is 1180. The SMILES string of the molecule is O=C(c1ccc2c(c1)C1C=CCC1C(c1ccc3ccccc3c1)N2)N1CCOCC1. The molecule has 2 heterocycles. The maximum atomic E-state index is 13.0. The fourth-order valence-electron chi connectivity index (χ4n) is 5.41. The highest BCUT2D eigenvalue weighted by Gasteiger charge is 2.38. The molecule has 3 aromatic rings. The number of nitrogens with zero attached hydrogens (tertiary/aromatic N) is 1. The van der Waals surface area contributed by atoms with Crippen LogP contribution in [0.25, 0.3) is 10.8 Å². The average Bonchev–Trinajstić information content (AvgIpc) is 3.33. The number of carbonyl (C=O) groups is 1. The molecule has 0 saturated carbocycles. The number of allylic oxidation sites excluding steroid dienone is 2. The van der Waals surface area contributed by atoms with E-state index in [2.05, 4.69) is 72.1 Å². The number of hydrogen-bond donors (Lipinski definition) is 1. The van der Waals surface area contributed by atoms with E-state index in [0.29, 0.717) is 38.1 Å². The monoisotopic (exact) mass is 410 g/mol. The van der Waals surface area contributed by atoms with Crippen LogP contribution in [0, 0.1) is 5.92 Å². The summed E-state index contributed by atoms with van der Waals surface area (Å²) in [4.78, 5) is 14.9. The highest BCUT2D eigenvalue weighted by Crippen LogP contribution is 2.50. The molecule has 1 amide bonds. The molecule has 156 valence electrons. The van der Waals surface area contributed by atoms with Crippen LogP contribution in [0.4, 0.5) is 5.69 Å². The van der Waals surface area contributed by atoms with Gasteiger partial charge in [0.2, 0.25) is 0 Å². The lowest BCUT2D eigenvalue weighted by molar-refractivity contribution is 0.0303. The zero-order valence-electron chi connectivity index (χ0n) is 17.5. The van der Waals surface area contributed by atoms with Gasteiger partial charge in [-0.05, 0) is 58.5 Å². The van der Waals surface area contributed by atoms with Crippen LogP contribution in [0.5, 0.6) is 0 Å². The normalized spacial score (nSPS) is 24.5. The number of morpholine rings is 1. The topological polar surface area (TPSA) is 41.6 Å². The van der Waals surface area contributed by atoms with E-state index in [-0.39, 0.29) is 11.9 Å². The molecule has 0 radical (unpaired) electrons. The Morgan fingerprint density at radius 3 is 2.68 bits per heavy atom. The van der Waals surface area contributed by atoms with E-state index >= 15 is 0 Å². The van der Waals surface area contributed by atoms with Gasteiger partial charge in [0.15, 0.2) is 0 Å². The first-order chi connectivity index (χ1) is 15.3. The minimum Gasteiger partial charge on any atom is -0.378 e. The number of rotatable bonds is 2. The molecule has 4 heteroatoms. The third kappa shape index (κ3) is 3.22. The third-order valence-corrected chi connectivity index (χ3v) is 7.04. The van der Waals surface area contributed by atoms with E-state index in [9.17, 15) is 4.79 Å². The van der Waals surface area contributed by atoms with Crippen molar-refractivity contribution in [1.82, 2.24) is 4.90 Å². The Morgan fingerprint density at radius 2 is 1.81 bits per heavy atom. The van der Waals surface area contributed by atoms with E-state index in [1.165, 1.54) is 21.9 Å². The summed E-state index contributed by atoms with van der Waals surface area (Å²) in [5.74, 6) is 0.911. The van der Waals surface area contributed by atoms with Gasteiger partial charge in [-0.3, -0.25) is 4.79 Å². The highest BCUT2D eigenvalue weighted by molar-refractivity contribution is 5.95. The van der Waals surface area contributed by atoms with Crippen molar-refractivity contribution in [3.63, 3.8) is 0 Å². The van der Waals surface area contributed by atoms with E-state index in [1.807, 2.05) is 11.0 Å². The standard InChI is InChI=1S/C27H26N2O2/c30-27(29-12-14-31-15-13-29)21-10-11-25-24(17-21)22-6-3-7-23(22)26(28-25)20-9-8-18-4-1-2-5-19(18)16-20/h1-6,8-11,16-17,22-23,26,28H,7,12-15H2. The third-order valence-electron chi connectivity index (χ3n) is 7.04. The van der Waals surface area contributed by atoms with Crippen molar-refractivity contribution < 1.29 is 9.53 Å². The van der Waals surface area contributed by atoms with Crippen LogP contribution in [0.3, 0.4) is 0 Å². The molecule has 3 atom stereocenters. The Hall–Kier alpha value is -3.11. The maximum Gasteiger partial charge on any atom is 0.254 e. The predicted molar refractivity (Wildman–Crippen MR) is 123 cm³/mol. The van der Waals surface area contributed by atoms with Crippen molar-refractivity contribution in [3.05, 3.63) is 89.5 Å². The van der Waals surface area contributed by atoms with Gasteiger partial charge in [0.1, 0.15) is 0 Å². The predicted octanol–water partition coefficient (Wildman–Crippen LogP) is 5.14. The molecule has 3 unspecified atom stereocenters. The van der Waals surface area contributed by atoms with Crippen LogP contribution < -0.4 is 5.32 Å². The van der Waals surface area contributed by atoms with E-state index in [4.69, 9.17) is 4.74 Å². The molecule has 1 aliphatic carbocycles. The molecule has 3 aromatic carbocycles. The second-order valence-corrected chi connectivity index (χ2v) is 8.79. The summed E-state index contributed by atoms with van der Waals surface area (Å²) >= 11 is 0. The molecule has 0 aromatic heterocycles.